The highest BCUT2D eigenvalue weighted by molar-refractivity contribution is 7.88. The highest BCUT2D eigenvalue weighted by Gasteiger charge is 2.29. The van der Waals surface area contributed by atoms with E-state index < -0.39 is 10.0 Å². The standard InChI is InChI=1S/C21H29N3O2S/c1-27(25,26)24-11-3-4-17(16-24)15-23-12-8-18(9-13-23)20-6-2-5-19-14-22-10-7-21(19)20/h2,5-7,10,14,17-18H,3-4,8-9,11-13,15-16H2,1H3. The van der Waals surface area contributed by atoms with Crippen molar-refractivity contribution in [2.24, 2.45) is 5.92 Å². The minimum Gasteiger partial charge on any atom is -0.303 e. The predicted molar refractivity (Wildman–Crippen MR) is 109 cm³/mol. The molecule has 146 valence electrons. The van der Waals surface area contributed by atoms with Gasteiger partial charge in [0.05, 0.1) is 6.26 Å². The van der Waals surface area contributed by atoms with Crippen LogP contribution >= 0.6 is 0 Å². The average Bonchev–Trinajstić information content (AvgIpc) is 2.68. The van der Waals surface area contributed by atoms with Crippen molar-refractivity contribution in [2.45, 2.75) is 31.6 Å². The fraction of sp³-hybridized carbons (Fsp3) is 0.571. The summed E-state index contributed by atoms with van der Waals surface area (Å²) < 4.78 is 25.3. The normalized spacial score (nSPS) is 23.7. The molecule has 1 atom stereocenters. The van der Waals surface area contributed by atoms with Crippen molar-refractivity contribution in [1.29, 1.82) is 0 Å². The maximum atomic E-state index is 11.8. The summed E-state index contributed by atoms with van der Waals surface area (Å²) >= 11 is 0. The second-order valence-electron chi connectivity index (χ2n) is 8.15. The summed E-state index contributed by atoms with van der Waals surface area (Å²) in [5, 5.41) is 2.56. The zero-order valence-corrected chi connectivity index (χ0v) is 16.9. The van der Waals surface area contributed by atoms with E-state index in [4.69, 9.17) is 0 Å². The van der Waals surface area contributed by atoms with Crippen molar-refractivity contribution in [3.05, 3.63) is 42.2 Å². The highest BCUT2D eigenvalue weighted by Crippen LogP contribution is 2.33. The predicted octanol–water partition coefficient (Wildman–Crippen LogP) is 3.09. The molecule has 3 heterocycles. The van der Waals surface area contributed by atoms with Crippen LogP contribution in [0.3, 0.4) is 0 Å². The van der Waals surface area contributed by atoms with Gasteiger partial charge in [-0.25, -0.2) is 12.7 Å². The van der Waals surface area contributed by atoms with Crippen LogP contribution in [0.4, 0.5) is 0 Å². The molecule has 4 rings (SSSR count). The van der Waals surface area contributed by atoms with Gasteiger partial charge in [-0.05, 0) is 67.6 Å². The summed E-state index contributed by atoms with van der Waals surface area (Å²) in [6.07, 6.45) is 9.64. The van der Waals surface area contributed by atoms with Gasteiger partial charge in [0.1, 0.15) is 0 Å². The van der Waals surface area contributed by atoms with Crippen molar-refractivity contribution in [3.63, 3.8) is 0 Å². The number of likely N-dealkylation sites (tertiary alicyclic amines) is 1. The van der Waals surface area contributed by atoms with Gasteiger partial charge in [-0.15, -0.1) is 0 Å². The third kappa shape index (κ3) is 4.33. The summed E-state index contributed by atoms with van der Waals surface area (Å²) in [5.74, 6) is 1.07. The van der Waals surface area contributed by atoms with E-state index >= 15 is 0 Å². The molecule has 2 fully saturated rings. The smallest absolute Gasteiger partial charge is 0.211 e. The molecule has 0 amide bonds. The number of piperidine rings is 2. The zero-order valence-electron chi connectivity index (χ0n) is 16.0. The SMILES string of the molecule is CS(=O)(=O)N1CCCC(CN2CCC(c3cccc4cnccc34)CC2)C1. The summed E-state index contributed by atoms with van der Waals surface area (Å²) in [6.45, 7) is 4.60. The Kier molecular flexibility index (Phi) is 5.48. The second kappa shape index (κ2) is 7.86. The van der Waals surface area contributed by atoms with Crippen LogP contribution in [-0.2, 0) is 10.0 Å². The third-order valence-electron chi connectivity index (χ3n) is 6.21. The lowest BCUT2D eigenvalue weighted by molar-refractivity contribution is 0.150. The van der Waals surface area contributed by atoms with Crippen molar-refractivity contribution >= 4 is 20.8 Å². The molecule has 1 aromatic carbocycles. The van der Waals surface area contributed by atoms with Gasteiger partial charge in [-0.3, -0.25) is 4.98 Å². The van der Waals surface area contributed by atoms with Gasteiger partial charge >= 0.3 is 0 Å². The number of pyridine rings is 1. The van der Waals surface area contributed by atoms with Crippen molar-refractivity contribution in [2.75, 3.05) is 39.0 Å². The Balaban J connectivity index is 1.36. The van der Waals surface area contributed by atoms with Crippen LogP contribution in [0, 0.1) is 5.92 Å². The molecule has 2 aliphatic rings. The molecular weight excluding hydrogens is 358 g/mol. The van der Waals surface area contributed by atoms with E-state index in [0.29, 0.717) is 24.9 Å². The first-order valence-electron chi connectivity index (χ1n) is 10.0. The first kappa shape index (κ1) is 18.8. The van der Waals surface area contributed by atoms with E-state index in [-0.39, 0.29) is 0 Å². The van der Waals surface area contributed by atoms with Crippen LogP contribution < -0.4 is 0 Å². The lowest BCUT2D eigenvalue weighted by Crippen LogP contribution is -2.44. The summed E-state index contributed by atoms with van der Waals surface area (Å²) in [7, 11) is -3.06. The van der Waals surface area contributed by atoms with E-state index in [0.717, 1.165) is 32.5 Å². The van der Waals surface area contributed by atoms with Crippen LogP contribution in [0.5, 0.6) is 0 Å². The van der Waals surface area contributed by atoms with Crippen LogP contribution in [0.25, 0.3) is 10.8 Å². The minimum absolute atomic E-state index is 0.466. The van der Waals surface area contributed by atoms with E-state index in [1.807, 2.05) is 12.4 Å². The molecule has 0 spiro atoms. The van der Waals surface area contributed by atoms with E-state index in [9.17, 15) is 8.42 Å². The lowest BCUT2D eigenvalue weighted by atomic mass is 9.86. The third-order valence-corrected chi connectivity index (χ3v) is 7.48. The summed E-state index contributed by atoms with van der Waals surface area (Å²) in [4.78, 5) is 6.79. The van der Waals surface area contributed by atoms with Gasteiger partial charge in [-0.1, -0.05) is 18.2 Å². The molecule has 0 radical (unpaired) electrons. The lowest BCUT2D eigenvalue weighted by Gasteiger charge is -2.37. The van der Waals surface area contributed by atoms with Crippen molar-refractivity contribution < 1.29 is 8.42 Å². The Morgan fingerprint density at radius 1 is 1.11 bits per heavy atom. The molecule has 6 heteroatoms. The van der Waals surface area contributed by atoms with Crippen molar-refractivity contribution in [1.82, 2.24) is 14.2 Å². The second-order valence-corrected chi connectivity index (χ2v) is 10.1. The molecule has 0 N–H and O–H groups in total. The topological polar surface area (TPSA) is 53.5 Å². The largest absolute Gasteiger partial charge is 0.303 e. The fourth-order valence-corrected chi connectivity index (χ4v) is 5.71. The number of aromatic nitrogens is 1. The minimum atomic E-state index is -3.06. The molecule has 1 aromatic heterocycles. The zero-order chi connectivity index (χ0) is 18.9. The number of hydrogen-bond acceptors (Lipinski definition) is 4. The Bertz CT molecular complexity index is 886. The van der Waals surface area contributed by atoms with Crippen LogP contribution in [0.15, 0.2) is 36.7 Å². The number of sulfonamides is 1. The fourth-order valence-electron chi connectivity index (χ4n) is 4.77. The number of benzene rings is 1. The summed E-state index contributed by atoms with van der Waals surface area (Å²) in [5.41, 5.74) is 1.45. The van der Waals surface area contributed by atoms with E-state index in [1.165, 1.54) is 35.4 Å². The molecule has 0 aliphatic carbocycles. The molecule has 5 nitrogen and oxygen atoms in total. The maximum Gasteiger partial charge on any atom is 0.211 e. The van der Waals surface area contributed by atoms with Crippen LogP contribution in [0.2, 0.25) is 0 Å². The Labute approximate surface area is 162 Å². The molecule has 2 aromatic rings. The van der Waals surface area contributed by atoms with Gasteiger partial charge in [0.25, 0.3) is 0 Å². The molecule has 2 aliphatic heterocycles. The molecule has 0 bridgehead atoms. The number of nitrogens with zero attached hydrogens (tertiary/aromatic N) is 3. The molecule has 0 saturated carbocycles. The maximum absolute atomic E-state index is 11.8. The monoisotopic (exact) mass is 387 g/mol. The number of rotatable bonds is 4. The summed E-state index contributed by atoms with van der Waals surface area (Å²) in [6, 6.07) is 8.69. The van der Waals surface area contributed by atoms with E-state index in [1.54, 1.807) is 4.31 Å². The van der Waals surface area contributed by atoms with Gasteiger partial charge in [-0.2, -0.15) is 0 Å². The number of fused-ring (bicyclic) bond motifs is 1. The van der Waals surface area contributed by atoms with Crippen LogP contribution in [-0.4, -0.2) is 61.6 Å². The van der Waals surface area contributed by atoms with Crippen LogP contribution in [0.1, 0.15) is 37.2 Å². The Hall–Kier alpha value is -1.50. The first-order valence-corrected chi connectivity index (χ1v) is 11.9. The Morgan fingerprint density at radius 3 is 2.70 bits per heavy atom. The molecular formula is C21H29N3O2S. The average molecular weight is 388 g/mol. The number of hydrogen-bond donors (Lipinski definition) is 0. The van der Waals surface area contributed by atoms with Gasteiger partial charge in [0, 0.05) is 37.4 Å². The van der Waals surface area contributed by atoms with Crippen molar-refractivity contribution in [3.8, 4) is 0 Å². The molecule has 27 heavy (non-hydrogen) atoms. The van der Waals surface area contributed by atoms with Gasteiger partial charge in [0.15, 0.2) is 0 Å². The van der Waals surface area contributed by atoms with Gasteiger partial charge in [0.2, 0.25) is 10.0 Å². The highest BCUT2D eigenvalue weighted by atomic mass is 32.2. The first-order chi connectivity index (χ1) is 13.0. The Morgan fingerprint density at radius 2 is 1.93 bits per heavy atom. The van der Waals surface area contributed by atoms with Gasteiger partial charge < -0.3 is 4.90 Å². The molecule has 1 unspecified atom stereocenters. The van der Waals surface area contributed by atoms with E-state index in [2.05, 4.69) is 34.1 Å². The quantitative estimate of drug-likeness (QED) is 0.809. The molecule has 2 saturated heterocycles.